The minimum atomic E-state index is -0.0481. The molecule has 0 bridgehead atoms. The van der Waals surface area contributed by atoms with E-state index in [1.807, 2.05) is 51.9 Å². The van der Waals surface area contributed by atoms with Crippen LogP contribution in [0.5, 0.6) is 0 Å². The van der Waals surface area contributed by atoms with Crippen molar-refractivity contribution in [1.29, 1.82) is 0 Å². The molecular weight excluding hydrogens is 384 g/mol. The Morgan fingerprint density at radius 3 is 2.76 bits per heavy atom. The lowest BCUT2D eigenvalue weighted by Crippen LogP contribution is -2.24. The molecule has 8 heteroatoms. The molecule has 3 aromatic heterocycles. The molecule has 29 heavy (non-hydrogen) atoms. The minimum Gasteiger partial charge on any atom is -0.351 e. The molecule has 0 aliphatic carbocycles. The molecule has 146 valence electrons. The highest BCUT2D eigenvalue weighted by Crippen LogP contribution is 2.22. The van der Waals surface area contributed by atoms with Crippen molar-refractivity contribution in [2.75, 3.05) is 5.75 Å². The average molecular weight is 404 g/mol. The number of thioether (sulfide) groups is 1. The van der Waals surface area contributed by atoms with Gasteiger partial charge in [0.25, 0.3) is 0 Å². The maximum absolute atomic E-state index is 12.3. The van der Waals surface area contributed by atoms with Crippen molar-refractivity contribution >= 4 is 17.7 Å². The number of nitrogens with zero attached hydrogens (tertiary/aromatic N) is 5. The molecule has 1 amide bonds. The summed E-state index contributed by atoms with van der Waals surface area (Å²) >= 11 is 1.42. The first-order chi connectivity index (χ1) is 14.2. The molecule has 1 aromatic carbocycles. The summed E-state index contributed by atoms with van der Waals surface area (Å²) in [5.74, 6) is 1.04. The number of rotatable bonds is 7. The zero-order valence-corrected chi connectivity index (χ0v) is 16.7. The first-order valence-corrected chi connectivity index (χ1v) is 10.1. The number of nitrogens with one attached hydrogen (secondary N) is 1. The third-order valence-corrected chi connectivity index (χ3v) is 5.35. The standard InChI is InChI=1S/C21H20N6OS/c1-16-4-2-3-5-18(16)27-11-9-23-21(27)29-14-20(28)25-13-17-6-7-19(24-12-17)26-10-8-22-15-26/h2-12,15H,13-14H2,1H3,(H,25,28). The SMILES string of the molecule is Cc1ccccc1-n1ccnc1SCC(=O)NCc1ccc(-n2ccnc2)nc1. The van der Waals surface area contributed by atoms with Gasteiger partial charge in [0, 0.05) is 37.5 Å². The number of hydrogen-bond donors (Lipinski definition) is 1. The molecule has 4 rings (SSSR count). The van der Waals surface area contributed by atoms with E-state index in [1.165, 1.54) is 11.8 Å². The van der Waals surface area contributed by atoms with Crippen molar-refractivity contribution in [3.63, 3.8) is 0 Å². The molecule has 0 saturated carbocycles. The molecule has 0 saturated heterocycles. The quantitative estimate of drug-likeness (QED) is 0.479. The van der Waals surface area contributed by atoms with Crippen LogP contribution in [0.1, 0.15) is 11.1 Å². The van der Waals surface area contributed by atoms with Crippen LogP contribution in [0, 0.1) is 6.92 Å². The number of amides is 1. The lowest BCUT2D eigenvalue weighted by molar-refractivity contribution is -0.118. The predicted molar refractivity (Wildman–Crippen MR) is 112 cm³/mol. The number of aryl methyl sites for hydroxylation is 1. The van der Waals surface area contributed by atoms with Gasteiger partial charge in [-0.1, -0.05) is 36.0 Å². The van der Waals surface area contributed by atoms with Crippen molar-refractivity contribution in [2.45, 2.75) is 18.6 Å². The molecule has 0 unspecified atom stereocenters. The fourth-order valence-corrected chi connectivity index (χ4v) is 3.66. The summed E-state index contributed by atoms with van der Waals surface area (Å²) in [4.78, 5) is 25.1. The number of para-hydroxylation sites is 1. The molecule has 0 atom stereocenters. The summed E-state index contributed by atoms with van der Waals surface area (Å²) in [6, 6.07) is 11.9. The van der Waals surface area contributed by atoms with Crippen molar-refractivity contribution in [3.8, 4) is 11.5 Å². The molecule has 0 aliphatic heterocycles. The van der Waals surface area contributed by atoms with Crippen molar-refractivity contribution in [2.24, 2.45) is 0 Å². The van der Waals surface area contributed by atoms with Crippen LogP contribution in [-0.4, -0.2) is 35.7 Å². The van der Waals surface area contributed by atoms with Gasteiger partial charge < -0.3 is 5.32 Å². The normalized spacial score (nSPS) is 10.8. The van der Waals surface area contributed by atoms with Crippen LogP contribution in [-0.2, 0) is 11.3 Å². The Balaban J connectivity index is 1.31. The van der Waals surface area contributed by atoms with Gasteiger partial charge in [-0.3, -0.25) is 13.9 Å². The summed E-state index contributed by atoms with van der Waals surface area (Å²) in [6.45, 7) is 2.49. The second-order valence-corrected chi connectivity index (χ2v) is 7.37. The molecule has 0 spiro atoms. The molecule has 4 aromatic rings. The van der Waals surface area contributed by atoms with Crippen LogP contribution >= 0.6 is 11.8 Å². The number of carbonyl (C=O) groups is 1. The van der Waals surface area contributed by atoms with Gasteiger partial charge in [-0.2, -0.15) is 0 Å². The van der Waals surface area contributed by atoms with Gasteiger partial charge >= 0.3 is 0 Å². The van der Waals surface area contributed by atoms with Crippen molar-refractivity contribution in [1.82, 2.24) is 29.4 Å². The van der Waals surface area contributed by atoms with E-state index in [0.717, 1.165) is 27.8 Å². The van der Waals surface area contributed by atoms with E-state index < -0.39 is 0 Å². The monoisotopic (exact) mass is 404 g/mol. The van der Waals surface area contributed by atoms with Crippen LogP contribution < -0.4 is 5.32 Å². The van der Waals surface area contributed by atoms with E-state index in [-0.39, 0.29) is 5.91 Å². The van der Waals surface area contributed by atoms with Crippen LogP contribution in [0.25, 0.3) is 11.5 Å². The van der Waals surface area contributed by atoms with Gasteiger partial charge in [-0.25, -0.2) is 15.0 Å². The van der Waals surface area contributed by atoms with Gasteiger partial charge in [0.05, 0.1) is 11.4 Å². The van der Waals surface area contributed by atoms with Crippen molar-refractivity contribution < 1.29 is 4.79 Å². The Morgan fingerprint density at radius 2 is 2.00 bits per heavy atom. The Labute approximate surface area is 172 Å². The Kier molecular flexibility index (Phi) is 5.71. The molecule has 3 heterocycles. The highest BCUT2D eigenvalue weighted by Gasteiger charge is 2.10. The number of hydrogen-bond acceptors (Lipinski definition) is 5. The van der Waals surface area contributed by atoms with Gasteiger partial charge in [0.15, 0.2) is 5.16 Å². The van der Waals surface area contributed by atoms with Gasteiger partial charge in [0.2, 0.25) is 5.91 Å². The summed E-state index contributed by atoms with van der Waals surface area (Å²) in [6.07, 6.45) is 10.7. The second kappa shape index (κ2) is 8.74. The Hall–Kier alpha value is -3.39. The smallest absolute Gasteiger partial charge is 0.230 e. The summed E-state index contributed by atoms with van der Waals surface area (Å²) < 4.78 is 3.83. The molecule has 0 aliphatic rings. The summed E-state index contributed by atoms with van der Waals surface area (Å²) in [5.41, 5.74) is 3.16. The highest BCUT2D eigenvalue weighted by molar-refractivity contribution is 7.99. The number of imidazole rings is 2. The second-order valence-electron chi connectivity index (χ2n) is 6.43. The first kappa shape index (κ1) is 18.9. The van der Waals surface area contributed by atoms with E-state index in [0.29, 0.717) is 12.3 Å². The van der Waals surface area contributed by atoms with Crippen LogP contribution in [0.15, 0.2) is 78.9 Å². The van der Waals surface area contributed by atoms with Crippen LogP contribution in [0.3, 0.4) is 0 Å². The Morgan fingerprint density at radius 1 is 1.10 bits per heavy atom. The topological polar surface area (TPSA) is 77.6 Å². The summed E-state index contributed by atoms with van der Waals surface area (Å²) in [5, 5.41) is 3.72. The van der Waals surface area contributed by atoms with E-state index >= 15 is 0 Å². The Bertz CT molecular complexity index is 1090. The largest absolute Gasteiger partial charge is 0.351 e. The van der Waals surface area contributed by atoms with Crippen LogP contribution in [0.2, 0.25) is 0 Å². The van der Waals surface area contributed by atoms with E-state index in [1.54, 1.807) is 24.9 Å². The number of pyridine rings is 1. The first-order valence-electron chi connectivity index (χ1n) is 9.13. The maximum Gasteiger partial charge on any atom is 0.230 e. The predicted octanol–water partition coefficient (Wildman–Crippen LogP) is 3.17. The van der Waals surface area contributed by atoms with E-state index in [9.17, 15) is 4.79 Å². The third-order valence-electron chi connectivity index (χ3n) is 4.38. The highest BCUT2D eigenvalue weighted by atomic mass is 32.2. The molecule has 0 fully saturated rings. The third kappa shape index (κ3) is 4.55. The number of carbonyl (C=O) groups excluding carboxylic acids is 1. The molecular formula is C21H20N6OS. The van der Waals surface area contributed by atoms with E-state index in [2.05, 4.69) is 33.3 Å². The van der Waals surface area contributed by atoms with Crippen molar-refractivity contribution in [3.05, 3.63) is 84.8 Å². The fraction of sp³-hybridized carbons (Fsp3) is 0.143. The number of benzene rings is 1. The van der Waals surface area contributed by atoms with Gasteiger partial charge in [0.1, 0.15) is 12.1 Å². The van der Waals surface area contributed by atoms with Gasteiger partial charge in [-0.15, -0.1) is 0 Å². The summed E-state index contributed by atoms with van der Waals surface area (Å²) in [7, 11) is 0. The molecule has 0 radical (unpaired) electrons. The van der Waals surface area contributed by atoms with E-state index in [4.69, 9.17) is 0 Å². The lowest BCUT2D eigenvalue weighted by Gasteiger charge is -2.10. The lowest BCUT2D eigenvalue weighted by atomic mass is 10.2. The van der Waals surface area contributed by atoms with Gasteiger partial charge in [-0.05, 0) is 30.2 Å². The molecule has 1 N–H and O–H groups in total. The average Bonchev–Trinajstić information content (AvgIpc) is 3.44. The minimum absolute atomic E-state index is 0.0481. The fourth-order valence-electron chi connectivity index (χ4n) is 2.86. The number of aromatic nitrogens is 5. The zero-order valence-electron chi connectivity index (χ0n) is 15.9. The molecule has 7 nitrogen and oxygen atoms in total. The zero-order chi connectivity index (χ0) is 20.1. The maximum atomic E-state index is 12.3. The van der Waals surface area contributed by atoms with Crippen LogP contribution in [0.4, 0.5) is 0 Å².